The maximum Gasteiger partial charge on any atom is 0.254 e. The number of carbonyl (C=O) groups is 1. The van der Waals surface area contributed by atoms with Gasteiger partial charge in [0, 0.05) is 12.4 Å². The van der Waals surface area contributed by atoms with E-state index in [9.17, 15) is 4.79 Å². The van der Waals surface area contributed by atoms with Crippen LogP contribution in [-0.2, 0) is 15.9 Å². The Morgan fingerprint density at radius 1 is 1.20 bits per heavy atom. The van der Waals surface area contributed by atoms with Gasteiger partial charge in [-0.15, -0.1) is 5.10 Å². The highest BCUT2D eigenvalue weighted by atomic mass is 16.6. The molecule has 0 aromatic carbocycles. The predicted octanol–water partition coefficient (Wildman–Crippen LogP) is 2.29. The molecule has 2 aromatic rings. The average Bonchev–Trinajstić information content (AvgIpc) is 3.56. The lowest BCUT2D eigenvalue weighted by molar-refractivity contribution is 0.0613. The molecule has 2 aliphatic heterocycles. The van der Waals surface area contributed by atoms with Crippen molar-refractivity contribution in [2.24, 2.45) is 5.92 Å². The number of hydrogen-bond acceptors (Lipinski definition) is 6. The summed E-state index contributed by atoms with van der Waals surface area (Å²) in [4.78, 5) is 12.3. The Labute approximate surface area is 176 Å². The van der Waals surface area contributed by atoms with Crippen LogP contribution in [0.2, 0.25) is 0 Å². The lowest BCUT2D eigenvalue weighted by Crippen LogP contribution is -2.44. The number of fused-ring (bicyclic) bond motifs is 1. The van der Waals surface area contributed by atoms with Gasteiger partial charge in [-0.1, -0.05) is 51.2 Å². The van der Waals surface area contributed by atoms with E-state index in [-0.39, 0.29) is 30.2 Å². The van der Waals surface area contributed by atoms with Crippen molar-refractivity contribution in [2.45, 2.75) is 76.7 Å². The Kier molecular flexibility index (Phi) is 6.79. The molecule has 9 nitrogen and oxygen atoms in total. The number of H-pyrrole nitrogens is 1. The molecule has 0 spiro atoms. The molecule has 30 heavy (non-hydrogen) atoms. The van der Waals surface area contributed by atoms with E-state index in [1.807, 2.05) is 24.7 Å². The summed E-state index contributed by atoms with van der Waals surface area (Å²) < 4.78 is 13.9. The molecule has 5 rings (SSSR count). The van der Waals surface area contributed by atoms with E-state index in [1.54, 1.807) is 6.20 Å². The molecule has 4 unspecified atom stereocenters. The van der Waals surface area contributed by atoms with Gasteiger partial charge < -0.3 is 14.8 Å². The maximum absolute atomic E-state index is 12.3. The van der Waals surface area contributed by atoms with Crippen LogP contribution in [0.3, 0.4) is 0 Å². The smallest absolute Gasteiger partial charge is 0.254 e. The fourth-order valence-electron chi connectivity index (χ4n) is 4.71. The first-order valence-corrected chi connectivity index (χ1v) is 11.2. The van der Waals surface area contributed by atoms with Gasteiger partial charge in [-0.05, 0) is 12.3 Å². The second-order valence-corrected chi connectivity index (χ2v) is 8.13. The molecule has 3 aliphatic rings. The summed E-state index contributed by atoms with van der Waals surface area (Å²) in [5.41, 5.74) is 1.56. The van der Waals surface area contributed by atoms with Crippen molar-refractivity contribution in [3.63, 3.8) is 0 Å². The number of ether oxygens (including phenoxy) is 2. The maximum atomic E-state index is 12.3. The van der Waals surface area contributed by atoms with Crippen LogP contribution < -0.4 is 5.32 Å². The summed E-state index contributed by atoms with van der Waals surface area (Å²) in [6, 6.07) is -0.184. The average molecular weight is 417 g/mol. The monoisotopic (exact) mass is 416 g/mol. The molecule has 4 atom stereocenters. The van der Waals surface area contributed by atoms with E-state index in [4.69, 9.17) is 9.47 Å². The minimum absolute atomic E-state index is 0.00608. The highest BCUT2D eigenvalue weighted by Crippen LogP contribution is 2.34. The number of amides is 1. The highest BCUT2D eigenvalue weighted by Gasteiger charge is 2.49. The van der Waals surface area contributed by atoms with Crippen molar-refractivity contribution >= 4 is 5.91 Å². The minimum Gasteiger partial charge on any atom is -0.371 e. The van der Waals surface area contributed by atoms with Gasteiger partial charge in [0.1, 0.15) is 18.2 Å². The first-order valence-electron chi connectivity index (χ1n) is 11.2. The van der Waals surface area contributed by atoms with Crippen molar-refractivity contribution in [3.05, 3.63) is 29.8 Å². The number of hydrogen-bond donors (Lipinski definition) is 2. The summed E-state index contributed by atoms with van der Waals surface area (Å²) in [7, 11) is 0. The molecule has 9 heteroatoms. The van der Waals surface area contributed by atoms with Crippen molar-refractivity contribution in [2.75, 3.05) is 13.2 Å². The topological polar surface area (TPSA) is 107 Å². The first-order chi connectivity index (χ1) is 14.8. The number of nitrogens with one attached hydrogen (secondary N) is 2. The van der Waals surface area contributed by atoms with Crippen LogP contribution in [-0.4, -0.2) is 62.6 Å². The zero-order valence-corrected chi connectivity index (χ0v) is 17.8. The van der Waals surface area contributed by atoms with Gasteiger partial charge in [-0.3, -0.25) is 9.89 Å². The zero-order valence-electron chi connectivity index (χ0n) is 17.8. The van der Waals surface area contributed by atoms with Crippen LogP contribution in [0.5, 0.6) is 0 Å². The van der Waals surface area contributed by atoms with Crippen LogP contribution >= 0.6 is 0 Å². The molecule has 0 bridgehead atoms. The van der Waals surface area contributed by atoms with Gasteiger partial charge in [0.25, 0.3) is 5.91 Å². The van der Waals surface area contributed by atoms with Crippen LogP contribution in [0.15, 0.2) is 18.6 Å². The van der Waals surface area contributed by atoms with Gasteiger partial charge in [0.2, 0.25) is 0 Å². The number of aromatic amines is 1. The fourth-order valence-corrected chi connectivity index (χ4v) is 4.71. The Morgan fingerprint density at radius 3 is 2.77 bits per heavy atom. The molecule has 2 N–H and O–H groups in total. The lowest BCUT2D eigenvalue weighted by Gasteiger charge is -2.20. The van der Waals surface area contributed by atoms with E-state index in [2.05, 4.69) is 25.8 Å². The van der Waals surface area contributed by atoms with Gasteiger partial charge in [0.15, 0.2) is 0 Å². The van der Waals surface area contributed by atoms with Crippen molar-refractivity contribution in [1.82, 2.24) is 30.5 Å². The van der Waals surface area contributed by atoms with E-state index in [0.717, 1.165) is 18.0 Å². The Morgan fingerprint density at radius 2 is 2.00 bits per heavy atom. The number of rotatable bonds is 5. The van der Waals surface area contributed by atoms with Crippen LogP contribution in [0, 0.1) is 5.92 Å². The third-order valence-electron chi connectivity index (χ3n) is 6.22. The molecule has 1 aliphatic carbocycles. The fraction of sp³-hybridized carbons (Fsp3) is 0.714. The number of aromatic nitrogens is 5. The van der Waals surface area contributed by atoms with E-state index < -0.39 is 0 Å². The third kappa shape index (κ3) is 4.41. The SMILES string of the molecule is CC.O=C(NC1COC2C1OCC2n1cc(CC2CCCCC2)nn1)c1cn[nH]c1. The summed E-state index contributed by atoms with van der Waals surface area (Å²) in [5, 5.41) is 18.2. The second-order valence-electron chi connectivity index (χ2n) is 8.13. The molecular formula is C21H32N6O3. The van der Waals surface area contributed by atoms with Crippen molar-refractivity contribution < 1.29 is 14.3 Å². The molecule has 0 radical (unpaired) electrons. The Balaban J connectivity index is 0.00000106. The number of nitrogens with zero attached hydrogens (tertiary/aromatic N) is 4. The molecule has 164 valence electrons. The van der Waals surface area contributed by atoms with E-state index in [0.29, 0.717) is 18.8 Å². The summed E-state index contributed by atoms with van der Waals surface area (Å²) in [5.74, 6) is 0.558. The van der Waals surface area contributed by atoms with Gasteiger partial charge in [-0.2, -0.15) is 5.10 Å². The van der Waals surface area contributed by atoms with Crippen LogP contribution in [0.4, 0.5) is 0 Å². The molecular weight excluding hydrogens is 384 g/mol. The number of carbonyl (C=O) groups excluding carboxylic acids is 1. The molecule has 3 fully saturated rings. The largest absolute Gasteiger partial charge is 0.371 e. The molecule has 1 amide bonds. The van der Waals surface area contributed by atoms with E-state index in [1.165, 1.54) is 38.3 Å². The minimum atomic E-state index is -0.178. The molecule has 2 aromatic heterocycles. The molecule has 4 heterocycles. The Bertz CT molecular complexity index is 802. The second kappa shape index (κ2) is 9.70. The van der Waals surface area contributed by atoms with E-state index >= 15 is 0 Å². The normalized spacial score (nSPS) is 28.6. The third-order valence-corrected chi connectivity index (χ3v) is 6.22. The van der Waals surface area contributed by atoms with Gasteiger partial charge >= 0.3 is 0 Å². The Hall–Kier alpha value is -2.26. The molecule has 1 saturated carbocycles. The zero-order chi connectivity index (χ0) is 20.9. The molecule has 2 saturated heterocycles. The van der Waals surface area contributed by atoms with Crippen molar-refractivity contribution in [3.8, 4) is 0 Å². The lowest BCUT2D eigenvalue weighted by atomic mass is 9.86. The predicted molar refractivity (Wildman–Crippen MR) is 110 cm³/mol. The standard InChI is InChI=1S/C19H26N6O3.C2H6/c26-19(13-7-20-21-8-13)22-15-10-27-18-16(11-28-17(15)18)25-9-14(23-24-25)6-12-4-2-1-3-5-12;1-2/h7-9,12,15-18H,1-6,10-11H2,(H,20,21)(H,22,26);1-2H3. The van der Waals surface area contributed by atoms with Crippen molar-refractivity contribution in [1.29, 1.82) is 0 Å². The van der Waals surface area contributed by atoms with Gasteiger partial charge in [-0.25, -0.2) is 4.68 Å². The highest BCUT2D eigenvalue weighted by molar-refractivity contribution is 5.93. The summed E-state index contributed by atoms with van der Waals surface area (Å²) in [6.45, 7) is 4.94. The van der Waals surface area contributed by atoms with Gasteiger partial charge in [0.05, 0.1) is 36.7 Å². The van der Waals surface area contributed by atoms with Crippen LogP contribution in [0.25, 0.3) is 0 Å². The summed E-state index contributed by atoms with van der Waals surface area (Å²) in [6.07, 6.45) is 12.5. The quantitative estimate of drug-likeness (QED) is 0.774. The van der Waals surface area contributed by atoms with Crippen LogP contribution in [0.1, 0.15) is 68.0 Å². The summed E-state index contributed by atoms with van der Waals surface area (Å²) >= 11 is 0. The first kappa shape index (κ1) is 21.0.